The lowest BCUT2D eigenvalue weighted by Gasteiger charge is -2.11. The van der Waals surface area contributed by atoms with E-state index in [1.54, 1.807) is 0 Å². The minimum absolute atomic E-state index is 0.417. The van der Waals surface area contributed by atoms with Gasteiger partial charge in [0.05, 0.1) is 11.2 Å². The monoisotopic (exact) mass is 248 g/mol. The van der Waals surface area contributed by atoms with Crippen LogP contribution in [0.1, 0.15) is 25.5 Å². The summed E-state index contributed by atoms with van der Waals surface area (Å²) in [5.74, 6) is 0.417. The van der Waals surface area contributed by atoms with E-state index >= 15 is 0 Å². The van der Waals surface area contributed by atoms with Gasteiger partial charge in [0.25, 0.3) is 0 Å². The number of hydrogen-bond donors (Lipinski definition) is 0. The highest BCUT2D eigenvalue weighted by Gasteiger charge is 2.09. The largest absolute Gasteiger partial charge is 0.260 e. The average Bonchev–Trinajstić information content (AvgIpc) is 2.46. The van der Waals surface area contributed by atoms with E-state index in [1.165, 1.54) is 16.5 Å². The van der Waals surface area contributed by atoms with Crippen LogP contribution in [-0.4, -0.2) is 9.97 Å². The van der Waals surface area contributed by atoms with Crippen molar-refractivity contribution in [1.29, 1.82) is 0 Å². The maximum Gasteiger partial charge on any atom is 0.0702 e. The molecular weight excluding hydrogens is 232 g/mol. The molecule has 0 unspecified atom stereocenters. The van der Waals surface area contributed by atoms with Crippen LogP contribution in [0.3, 0.4) is 0 Å². The summed E-state index contributed by atoms with van der Waals surface area (Å²) in [6, 6.07) is 14.6. The lowest BCUT2D eigenvalue weighted by atomic mass is 9.97. The molecule has 2 heteroatoms. The van der Waals surface area contributed by atoms with Crippen molar-refractivity contribution < 1.29 is 0 Å². The Labute approximate surface area is 113 Å². The van der Waals surface area contributed by atoms with E-state index in [9.17, 15) is 0 Å². The first kappa shape index (κ1) is 11.8. The molecule has 2 aromatic heterocycles. The number of aromatic nitrogens is 2. The summed E-state index contributed by atoms with van der Waals surface area (Å²) in [5.41, 5.74) is 4.59. The lowest BCUT2D eigenvalue weighted by Crippen LogP contribution is -1.95. The molecule has 0 aliphatic carbocycles. The van der Waals surface area contributed by atoms with Crippen molar-refractivity contribution in [2.24, 2.45) is 0 Å². The highest BCUT2D eigenvalue weighted by molar-refractivity contribution is 5.84. The van der Waals surface area contributed by atoms with Crippen molar-refractivity contribution in [1.82, 2.24) is 9.97 Å². The summed E-state index contributed by atoms with van der Waals surface area (Å²) < 4.78 is 0. The molecule has 0 spiro atoms. The van der Waals surface area contributed by atoms with E-state index in [4.69, 9.17) is 0 Å². The normalized spacial score (nSPS) is 11.1. The molecule has 0 saturated heterocycles. The Bertz CT molecular complexity index is 717. The Hall–Kier alpha value is -2.22. The van der Waals surface area contributed by atoms with Crippen LogP contribution in [0.15, 0.2) is 54.9 Å². The lowest BCUT2D eigenvalue weighted by molar-refractivity contribution is 0.826. The van der Waals surface area contributed by atoms with Gasteiger partial charge in [-0.15, -0.1) is 0 Å². The van der Waals surface area contributed by atoms with Gasteiger partial charge in [-0.3, -0.25) is 9.97 Å². The van der Waals surface area contributed by atoms with Gasteiger partial charge in [0.2, 0.25) is 0 Å². The van der Waals surface area contributed by atoms with E-state index in [-0.39, 0.29) is 0 Å². The third kappa shape index (κ3) is 2.22. The van der Waals surface area contributed by atoms with Crippen molar-refractivity contribution in [3.8, 4) is 11.1 Å². The standard InChI is InChI=1S/C17H16N2/c1-12(2)17-15(6-4-10-19-17)13-7-8-16-14(11-13)5-3-9-18-16/h3-12H,1-2H3. The molecule has 0 fully saturated rings. The predicted molar refractivity (Wildman–Crippen MR) is 79.1 cm³/mol. The maximum atomic E-state index is 4.52. The third-order valence-electron chi connectivity index (χ3n) is 3.30. The second-order valence-electron chi connectivity index (χ2n) is 5.00. The van der Waals surface area contributed by atoms with Crippen LogP contribution < -0.4 is 0 Å². The molecule has 0 atom stereocenters. The maximum absolute atomic E-state index is 4.52. The van der Waals surface area contributed by atoms with Crippen LogP contribution >= 0.6 is 0 Å². The molecule has 0 bridgehead atoms. The fourth-order valence-electron chi connectivity index (χ4n) is 2.36. The number of rotatable bonds is 2. The number of fused-ring (bicyclic) bond motifs is 1. The molecule has 0 N–H and O–H groups in total. The molecule has 0 aliphatic rings. The second-order valence-corrected chi connectivity index (χ2v) is 5.00. The quantitative estimate of drug-likeness (QED) is 0.671. The van der Waals surface area contributed by atoms with E-state index in [1.807, 2.05) is 24.5 Å². The van der Waals surface area contributed by atoms with Crippen LogP contribution in [0, 0.1) is 0 Å². The van der Waals surface area contributed by atoms with Gasteiger partial charge in [0.1, 0.15) is 0 Å². The summed E-state index contributed by atoms with van der Waals surface area (Å²) in [7, 11) is 0. The van der Waals surface area contributed by atoms with E-state index in [2.05, 4.69) is 54.1 Å². The zero-order valence-corrected chi connectivity index (χ0v) is 11.2. The molecule has 3 rings (SSSR count). The van der Waals surface area contributed by atoms with Gasteiger partial charge in [-0.05, 0) is 35.7 Å². The summed E-state index contributed by atoms with van der Waals surface area (Å²) in [4.78, 5) is 8.88. The van der Waals surface area contributed by atoms with E-state index < -0.39 is 0 Å². The minimum atomic E-state index is 0.417. The Balaban J connectivity index is 2.19. The highest BCUT2D eigenvalue weighted by atomic mass is 14.7. The topological polar surface area (TPSA) is 25.8 Å². The van der Waals surface area contributed by atoms with Gasteiger partial charge in [-0.1, -0.05) is 32.0 Å². The fourth-order valence-corrected chi connectivity index (χ4v) is 2.36. The Morgan fingerprint density at radius 1 is 0.895 bits per heavy atom. The molecule has 0 saturated carbocycles. The number of hydrogen-bond acceptors (Lipinski definition) is 2. The zero-order valence-electron chi connectivity index (χ0n) is 11.2. The van der Waals surface area contributed by atoms with E-state index in [0.717, 1.165) is 11.2 Å². The van der Waals surface area contributed by atoms with Crippen molar-refractivity contribution >= 4 is 10.9 Å². The first-order valence-electron chi connectivity index (χ1n) is 6.56. The van der Waals surface area contributed by atoms with Gasteiger partial charge in [-0.25, -0.2) is 0 Å². The zero-order chi connectivity index (χ0) is 13.2. The molecule has 3 aromatic rings. The molecule has 0 radical (unpaired) electrons. The van der Waals surface area contributed by atoms with Crippen molar-refractivity contribution in [3.05, 3.63) is 60.6 Å². The van der Waals surface area contributed by atoms with Crippen molar-refractivity contribution in [2.45, 2.75) is 19.8 Å². The van der Waals surface area contributed by atoms with Crippen LogP contribution in [0.4, 0.5) is 0 Å². The summed E-state index contributed by atoms with van der Waals surface area (Å²) in [5, 5.41) is 1.17. The number of nitrogens with zero attached hydrogens (tertiary/aromatic N) is 2. The fraction of sp³-hybridized carbons (Fsp3) is 0.176. The number of benzene rings is 1. The summed E-state index contributed by atoms with van der Waals surface area (Å²) >= 11 is 0. The van der Waals surface area contributed by atoms with Gasteiger partial charge in [-0.2, -0.15) is 0 Å². The van der Waals surface area contributed by atoms with Crippen LogP contribution in [-0.2, 0) is 0 Å². The Morgan fingerprint density at radius 2 is 1.68 bits per heavy atom. The second kappa shape index (κ2) is 4.81. The average molecular weight is 248 g/mol. The molecule has 1 aromatic carbocycles. The van der Waals surface area contributed by atoms with Gasteiger partial charge in [0.15, 0.2) is 0 Å². The summed E-state index contributed by atoms with van der Waals surface area (Å²) in [6.07, 6.45) is 3.69. The van der Waals surface area contributed by atoms with Crippen molar-refractivity contribution in [3.63, 3.8) is 0 Å². The molecule has 0 aliphatic heterocycles. The van der Waals surface area contributed by atoms with Gasteiger partial charge >= 0.3 is 0 Å². The molecule has 19 heavy (non-hydrogen) atoms. The van der Waals surface area contributed by atoms with Crippen molar-refractivity contribution in [2.75, 3.05) is 0 Å². The smallest absolute Gasteiger partial charge is 0.0702 e. The predicted octanol–water partition coefficient (Wildman–Crippen LogP) is 4.42. The van der Waals surface area contributed by atoms with Gasteiger partial charge in [0, 0.05) is 23.3 Å². The Morgan fingerprint density at radius 3 is 2.53 bits per heavy atom. The highest BCUT2D eigenvalue weighted by Crippen LogP contribution is 2.29. The first-order valence-corrected chi connectivity index (χ1v) is 6.56. The van der Waals surface area contributed by atoms with E-state index in [0.29, 0.717) is 5.92 Å². The first-order chi connectivity index (χ1) is 9.25. The minimum Gasteiger partial charge on any atom is -0.260 e. The molecule has 2 nitrogen and oxygen atoms in total. The third-order valence-corrected chi connectivity index (χ3v) is 3.30. The van der Waals surface area contributed by atoms with Crippen LogP contribution in [0.5, 0.6) is 0 Å². The van der Waals surface area contributed by atoms with Crippen LogP contribution in [0.25, 0.3) is 22.0 Å². The molecule has 2 heterocycles. The van der Waals surface area contributed by atoms with Crippen LogP contribution in [0.2, 0.25) is 0 Å². The molecular formula is C17H16N2. The Kier molecular flexibility index (Phi) is 3.00. The van der Waals surface area contributed by atoms with Gasteiger partial charge < -0.3 is 0 Å². The SMILES string of the molecule is CC(C)c1ncccc1-c1ccc2ncccc2c1. The summed E-state index contributed by atoms with van der Waals surface area (Å²) in [6.45, 7) is 4.35. The molecule has 94 valence electrons. The molecule has 0 amide bonds. The number of pyridine rings is 2.